The zero-order chi connectivity index (χ0) is 13.0. The molecule has 0 spiro atoms. The minimum absolute atomic E-state index is 0.613. The standard InChI is InChI=1S/C13H17N3OS/c1-3-17-11-6-4-5-10(13(11)14)15-7-12-9(2)16-8-18-12/h4-6,8,15H,3,7,14H2,1-2H3. The molecule has 1 heterocycles. The van der Waals surface area contributed by atoms with Crippen molar-refractivity contribution in [1.29, 1.82) is 0 Å². The summed E-state index contributed by atoms with van der Waals surface area (Å²) in [5, 5.41) is 3.32. The van der Waals surface area contributed by atoms with E-state index in [2.05, 4.69) is 10.3 Å². The van der Waals surface area contributed by atoms with E-state index in [1.54, 1.807) is 11.3 Å². The highest BCUT2D eigenvalue weighted by atomic mass is 32.1. The molecule has 1 aromatic heterocycles. The van der Waals surface area contributed by atoms with E-state index in [0.29, 0.717) is 12.3 Å². The Labute approximate surface area is 111 Å². The van der Waals surface area contributed by atoms with Crippen molar-refractivity contribution < 1.29 is 4.74 Å². The molecule has 1 aromatic carbocycles. The van der Waals surface area contributed by atoms with E-state index in [4.69, 9.17) is 10.5 Å². The van der Waals surface area contributed by atoms with E-state index >= 15 is 0 Å². The molecule has 0 atom stereocenters. The predicted octanol–water partition coefficient (Wildman–Crippen LogP) is 3.04. The molecule has 2 aromatic rings. The molecule has 0 radical (unpaired) electrons. The quantitative estimate of drug-likeness (QED) is 0.814. The molecule has 0 aliphatic rings. The molecule has 0 saturated heterocycles. The summed E-state index contributed by atoms with van der Waals surface area (Å²) in [5.74, 6) is 0.725. The van der Waals surface area contributed by atoms with Crippen LogP contribution in [0.5, 0.6) is 5.75 Å². The number of hydrogen-bond donors (Lipinski definition) is 2. The second-order valence-corrected chi connectivity index (χ2v) is 4.80. The molecule has 18 heavy (non-hydrogen) atoms. The summed E-state index contributed by atoms with van der Waals surface area (Å²) in [4.78, 5) is 5.44. The first-order valence-corrected chi connectivity index (χ1v) is 6.74. The maximum absolute atomic E-state index is 6.05. The lowest BCUT2D eigenvalue weighted by Gasteiger charge is -2.12. The number of anilines is 2. The summed E-state index contributed by atoms with van der Waals surface area (Å²) < 4.78 is 5.46. The first-order valence-electron chi connectivity index (χ1n) is 5.86. The van der Waals surface area contributed by atoms with Gasteiger partial charge in [0.1, 0.15) is 5.75 Å². The fraction of sp³-hybridized carbons (Fsp3) is 0.308. The number of para-hydroxylation sites is 1. The molecule has 0 unspecified atom stereocenters. The van der Waals surface area contributed by atoms with Gasteiger partial charge in [-0.05, 0) is 26.0 Å². The fourth-order valence-corrected chi connectivity index (χ4v) is 2.37. The molecule has 0 bridgehead atoms. The summed E-state index contributed by atoms with van der Waals surface area (Å²) in [5.41, 5.74) is 10.5. The molecule has 4 nitrogen and oxygen atoms in total. The van der Waals surface area contributed by atoms with Gasteiger partial charge in [-0.3, -0.25) is 0 Å². The van der Waals surface area contributed by atoms with Crippen LogP contribution in [0.25, 0.3) is 0 Å². The van der Waals surface area contributed by atoms with Crippen molar-refractivity contribution in [2.75, 3.05) is 17.7 Å². The summed E-state index contributed by atoms with van der Waals surface area (Å²) in [6.45, 7) is 5.30. The first-order chi connectivity index (χ1) is 8.72. The number of thiazole rings is 1. The minimum atomic E-state index is 0.613. The van der Waals surface area contributed by atoms with Gasteiger partial charge in [-0.2, -0.15) is 0 Å². The van der Waals surface area contributed by atoms with Gasteiger partial charge in [-0.25, -0.2) is 4.98 Å². The van der Waals surface area contributed by atoms with Gasteiger partial charge >= 0.3 is 0 Å². The number of nitrogens with one attached hydrogen (secondary N) is 1. The van der Waals surface area contributed by atoms with Crippen LogP contribution in [-0.2, 0) is 6.54 Å². The first kappa shape index (κ1) is 12.7. The van der Waals surface area contributed by atoms with Crippen LogP contribution in [0.15, 0.2) is 23.7 Å². The lowest BCUT2D eigenvalue weighted by molar-refractivity contribution is 0.342. The van der Waals surface area contributed by atoms with Crippen molar-refractivity contribution >= 4 is 22.7 Å². The molecule has 96 valence electrons. The van der Waals surface area contributed by atoms with Crippen LogP contribution in [0, 0.1) is 6.92 Å². The second-order valence-electron chi connectivity index (χ2n) is 3.86. The lowest BCUT2D eigenvalue weighted by atomic mass is 10.2. The monoisotopic (exact) mass is 263 g/mol. The van der Waals surface area contributed by atoms with Crippen molar-refractivity contribution in [3.8, 4) is 5.75 Å². The largest absolute Gasteiger partial charge is 0.492 e. The number of nitrogen functional groups attached to an aromatic ring is 1. The minimum Gasteiger partial charge on any atom is -0.492 e. The van der Waals surface area contributed by atoms with Gasteiger partial charge in [0.25, 0.3) is 0 Å². The molecule has 0 amide bonds. The van der Waals surface area contributed by atoms with Gasteiger partial charge < -0.3 is 15.8 Å². The summed E-state index contributed by atoms with van der Waals surface area (Å²) in [7, 11) is 0. The average Bonchev–Trinajstić information content (AvgIpc) is 2.76. The Hall–Kier alpha value is -1.75. The number of rotatable bonds is 5. The van der Waals surface area contributed by atoms with E-state index < -0.39 is 0 Å². The number of hydrogen-bond acceptors (Lipinski definition) is 5. The van der Waals surface area contributed by atoms with Crippen molar-refractivity contribution in [1.82, 2.24) is 4.98 Å². The van der Waals surface area contributed by atoms with Crippen LogP contribution in [-0.4, -0.2) is 11.6 Å². The van der Waals surface area contributed by atoms with Crippen molar-refractivity contribution in [3.05, 3.63) is 34.3 Å². The Balaban J connectivity index is 2.10. The SMILES string of the molecule is CCOc1cccc(NCc2scnc2C)c1N. The smallest absolute Gasteiger partial charge is 0.144 e. The maximum atomic E-state index is 6.05. The molecule has 3 N–H and O–H groups in total. The number of benzene rings is 1. The van der Waals surface area contributed by atoms with Gasteiger partial charge in [0.2, 0.25) is 0 Å². The van der Waals surface area contributed by atoms with Crippen molar-refractivity contribution in [2.24, 2.45) is 0 Å². The van der Waals surface area contributed by atoms with Crippen LogP contribution < -0.4 is 15.8 Å². The molecular formula is C13H17N3OS. The average molecular weight is 263 g/mol. The van der Waals surface area contributed by atoms with Gasteiger partial charge in [-0.15, -0.1) is 11.3 Å². The summed E-state index contributed by atoms with van der Waals surface area (Å²) in [6.07, 6.45) is 0. The Bertz CT molecular complexity index is 525. The van der Waals surface area contributed by atoms with E-state index in [-0.39, 0.29) is 0 Å². The highest BCUT2D eigenvalue weighted by molar-refractivity contribution is 7.09. The number of aromatic nitrogens is 1. The molecule has 0 saturated carbocycles. The third-order valence-corrected chi connectivity index (χ3v) is 3.59. The van der Waals surface area contributed by atoms with Crippen LogP contribution in [0.4, 0.5) is 11.4 Å². The Morgan fingerprint density at radius 2 is 2.28 bits per heavy atom. The van der Waals surface area contributed by atoms with Gasteiger partial charge in [0, 0.05) is 4.88 Å². The lowest BCUT2D eigenvalue weighted by Crippen LogP contribution is -2.04. The normalized spacial score (nSPS) is 10.3. The van der Waals surface area contributed by atoms with Crippen LogP contribution >= 0.6 is 11.3 Å². The third-order valence-electron chi connectivity index (χ3n) is 2.65. The maximum Gasteiger partial charge on any atom is 0.144 e. The van der Waals surface area contributed by atoms with E-state index in [9.17, 15) is 0 Å². The fourth-order valence-electron chi connectivity index (χ4n) is 1.65. The zero-order valence-corrected chi connectivity index (χ0v) is 11.4. The summed E-state index contributed by atoms with van der Waals surface area (Å²) >= 11 is 1.64. The molecule has 5 heteroatoms. The van der Waals surface area contributed by atoms with Gasteiger partial charge in [0.15, 0.2) is 0 Å². The predicted molar refractivity (Wildman–Crippen MR) is 76.2 cm³/mol. The van der Waals surface area contributed by atoms with E-state index in [1.165, 1.54) is 4.88 Å². The Kier molecular flexibility index (Phi) is 4.04. The van der Waals surface area contributed by atoms with E-state index in [0.717, 1.165) is 23.7 Å². The number of nitrogens with two attached hydrogens (primary N) is 1. The Morgan fingerprint density at radius 1 is 1.44 bits per heavy atom. The number of aryl methyl sites for hydroxylation is 1. The molecule has 0 fully saturated rings. The van der Waals surface area contributed by atoms with Gasteiger partial charge in [0.05, 0.1) is 35.7 Å². The van der Waals surface area contributed by atoms with Crippen LogP contribution in [0.2, 0.25) is 0 Å². The van der Waals surface area contributed by atoms with Gasteiger partial charge in [-0.1, -0.05) is 6.07 Å². The van der Waals surface area contributed by atoms with E-state index in [1.807, 2.05) is 37.6 Å². The molecule has 2 rings (SSSR count). The Morgan fingerprint density at radius 3 is 2.94 bits per heavy atom. The third kappa shape index (κ3) is 2.73. The topological polar surface area (TPSA) is 60.2 Å². The zero-order valence-electron chi connectivity index (χ0n) is 10.6. The highest BCUT2D eigenvalue weighted by Crippen LogP contribution is 2.30. The van der Waals surface area contributed by atoms with Crippen LogP contribution in [0.3, 0.4) is 0 Å². The number of ether oxygens (including phenoxy) is 1. The molecule has 0 aliphatic carbocycles. The second kappa shape index (κ2) is 5.73. The van der Waals surface area contributed by atoms with Crippen LogP contribution in [0.1, 0.15) is 17.5 Å². The molecular weight excluding hydrogens is 246 g/mol. The molecule has 0 aliphatic heterocycles. The van der Waals surface area contributed by atoms with Crippen molar-refractivity contribution in [3.63, 3.8) is 0 Å². The number of nitrogens with zero attached hydrogens (tertiary/aromatic N) is 1. The van der Waals surface area contributed by atoms with Crippen molar-refractivity contribution in [2.45, 2.75) is 20.4 Å². The highest BCUT2D eigenvalue weighted by Gasteiger charge is 2.06. The summed E-state index contributed by atoms with van der Waals surface area (Å²) in [6, 6.07) is 5.76.